The van der Waals surface area contributed by atoms with Crippen molar-refractivity contribution >= 4 is 11.9 Å². The number of hydrogen-bond acceptors (Lipinski definition) is 5. The van der Waals surface area contributed by atoms with Gasteiger partial charge in [-0.1, -0.05) is 19.4 Å². The Hall–Kier alpha value is -1.36. The van der Waals surface area contributed by atoms with E-state index in [2.05, 4.69) is 6.58 Å². The molecule has 0 spiro atoms. The van der Waals surface area contributed by atoms with Crippen molar-refractivity contribution in [3.63, 3.8) is 0 Å². The number of allylic oxidation sites excluding steroid dienone is 1. The number of aliphatic carboxylic acids is 1. The quantitative estimate of drug-likeness (QED) is 0.369. The van der Waals surface area contributed by atoms with Gasteiger partial charge in [0, 0.05) is 0 Å². The number of carboxylic acid groups (broad SMARTS) is 1. The molecule has 0 aromatic carbocycles. The maximum atomic E-state index is 11.8. The number of carboxylic acids is 1. The highest BCUT2D eigenvalue weighted by Crippen LogP contribution is 2.28. The fourth-order valence-electron chi connectivity index (χ4n) is 1.34. The van der Waals surface area contributed by atoms with Crippen LogP contribution in [0.4, 0.5) is 0 Å². The smallest absolute Gasteiger partial charge is 0.315 e. The van der Waals surface area contributed by atoms with Crippen LogP contribution >= 0.6 is 0 Å². The van der Waals surface area contributed by atoms with Crippen LogP contribution in [0.3, 0.4) is 0 Å². The maximum Gasteiger partial charge on any atom is 0.315 e. The molecule has 17 heavy (non-hydrogen) atoms. The first-order valence-electron chi connectivity index (χ1n) is 5.57. The van der Waals surface area contributed by atoms with Gasteiger partial charge in [-0.15, -0.1) is 6.58 Å². The normalized spacial score (nSPS) is 15.7. The highest BCUT2D eigenvalue weighted by Gasteiger charge is 2.41. The molecule has 0 heterocycles. The van der Waals surface area contributed by atoms with Gasteiger partial charge in [-0.25, -0.2) is 0 Å². The molecule has 0 fully saturated rings. The summed E-state index contributed by atoms with van der Waals surface area (Å²) < 4.78 is 4.93. The summed E-state index contributed by atoms with van der Waals surface area (Å²) in [4.78, 5) is 22.4. The number of aliphatic hydroxyl groups is 1. The van der Waals surface area contributed by atoms with E-state index in [0.717, 1.165) is 6.42 Å². The average molecular weight is 243 g/mol. The van der Waals surface area contributed by atoms with Crippen LogP contribution in [0, 0.1) is 5.41 Å². The van der Waals surface area contributed by atoms with Crippen molar-refractivity contribution < 1.29 is 24.5 Å². The van der Waals surface area contributed by atoms with E-state index < -0.39 is 23.5 Å². The van der Waals surface area contributed by atoms with Crippen LogP contribution in [0.1, 0.15) is 33.1 Å². The first-order valence-corrected chi connectivity index (χ1v) is 5.57. The van der Waals surface area contributed by atoms with E-state index in [1.165, 1.54) is 13.0 Å². The van der Waals surface area contributed by atoms with Crippen molar-refractivity contribution in [1.82, 2.24) is 0 Å². The van der Waals surface area contributed by atoms with Crippen LogP contribution in [0.5, 0.6) is 0 Å². The number of unbranched alkanes of at least 4 members (excludes halogenated alkanes) is 1. The third-order valence-electron chi connectivity index (χ3n) is 2.59. The second kappa shape index (κ2) is 7.06. The molecule has 0 saturated carbocycles. The predicted octanol–water partition coefficient (Wildman–Crippen LogP) is 0.0229. The van der Waals surface area contributed by atoms with Gasteiger partial charge in [-0.05, 0) is 19.8 Å². The molecule has 0 aromatic rings. The highest BCUT2D eigenvalue weighted by molar-refractivity contribution is 5.85. The van der Waals surface area contributed by atoms with Crippen LogP contribution in [0.2, 0.25) is 0 Å². The van der Waals surface area contributed by atoms with Gasteiger partial charge in [0.25, 0.3) is 0 Å². The number of carbonyl (C=O) groups excluding carboxylic acids is 2. The van der Waals surface area contributed by atoms with E-state index in [1.807, 2.05) is 6.92 Å². The molecule has 2 unspecified atom stereocenters. The minimum Gasteiger partial charge on any atom is -0.547 e. The lowest BCUT2D eigenvalue weighted by molar-refractivity contribution is -0.319. The summed E-state index contributed by atoms with van der Waals surface area (Å²) in [6.45, 7) is 6.90. The molecular formula is C12H19O5-. The molecule has 1 N–H and O–H groups in total. The Balaban J connectivity index is 4.74. The third kappa shape index (κ3) is 4.19. The van der Waals surface area contributed by atoms with E-state index in [9.17, 15) is 19.8 Å². The average Bonchev–Trinajstić information content (AvgIpc) is 2.28. The van der Waals surface area contributed by atoms with Gasteiger partial charge >= 0.3 is 5.97 Å². The molecule has 0 aromatic heterocycles. The molecular weight excluding hydrogens is 224 g/mol. The first kappa shape index (κ1) is 15.6. The summed E-state index contributed by atoms with van der Waals surface area (Å²) in [5.41, 5.74) is -1.55. The van der Waals surface area contributed by atoms with Crippen LogP contribution in [0.25, 0.3) is 0 Å². The summed E-state index contributed by atoms with van der Waals surface area (Å²) in [6, 6.07) is 0. The van der Waals surface area contributed by atoms with Gasteiger partial charge in [0.05, 0.1) is 18.0 Å². The number of hydrogen-bond donors (Lipinski definition) is 1. The molecule has 0 radical (unpaired) electrons. The molecule has 5 heteroatoms. The third-order valence-corrected chi connectivity index (χ3v) is 2.59. The van der Waals surface area contributed by atoms with Crippen LogP contribution in [0.15, 0.2) is 12.7 Å². The van der Waals surface area contributed by atoms with Crippen molar-refractivity contribution in [3.05, 3.63) is 12.7 Å². The molecule has 5 nitrogen and oxygen atoms in total. The van der Waals surface area contributed by atoms with Crippen LogP contribution < -0.4 is 5.11 Å². The second-order valence-corrected chi connectivity index (χ2v) is 4.12. The van der Waals surface area contributed by atoms with E-state index in [0.29, 0.717) is 6.42 Å². The van der Waals surface area contributed by atoms with Gasteiger partial charge in [0.2, 0.25) is 0 Å². The Morgan fingerprint density at radius 1 is 1.59 bits per heavy atom. The van der Waals surface area contributed by atoms with Crippen molar-refractivity contribution in [2.75, 3.05) is 6.61 Å². The Morgan fingerprint density at radius 3 is 2.59 bits per heavy atom. The molecule has 0 aliphatic carbocycles. The SMILES string of the molecule is C=CCC(C)(C(=O)OCCCC)C(O)C(=O)[O-]. The van der Waals surface area contributed by atoms with E-state index in [4.69, 9.17) is 4.74 Å². The minimum absolute atomic E-state index is 0.00705. The predicted molar refractivity (Wildman–Crippen MR) is 59.8 cm³/mol. The van der Waals surface area contributed by atoms with Crippen molar-refractivity contribution in [3.8, 4) is 0 Å². The lowest BCUT2D eigenvalue weighted by Crippen LogP contribution is -2.50. The minimum atomic E-state index is -1.91. The van der Waals surface area contributed by atoms with E-state index in [-0.39, 0.29) is 13.0 Å². The van der Waals surface area contributed by atoms with Crippen molar-refractivity contribution in [2.24, 2.45) is 5.41 Å². The zero-order valence-electron chi connectivity index (χ0n) is 10.3. The maximum absolute atomic E-state index is 11.8. The summed E-state index contributed by atoms with van der Waals surface area (Å²) in [7, 11) is 0. The van der Waals surface area contributed by atoms with Gasteiger partial charge in [0.1, 0.15) is 6.10 Å². The van der Waals surface area contributed by atoms with E-state index >= 15 is 0 Å². The van der Waals surface area contributed by atoms with Gasteiger partial charge in [-0.2, -0.15) is 0 Å². The molecule has 0 saturated heterocycles. The standard InChI is InChI=1S/C12H20O5/c1-4-6-8-17-11(16)12(3,7-5-2)9(13)10(14)15/h5,9,13H,2,4,6-8H2,1,3H3,(H,14,15)/p-1. The first-order chi connectivity index (χ1) is 7.90. The molecule has 0 amide bonds. The Labute approximate surface area is 101 Å². The van der Waals surface area contributed by atoms with Gasteiger partial charge < -0.3 is 19.7 Å². The van der Waals surface area contributed by atoms with Crippen LogP contribution in [-0.2, 0) is 14.3 Å². The lowest BCUT2D eigenvalue weighted by Gasteiger charge is -2.31. The fourth-order valence-corrected chi connectivity index (χ4v) is 1.34. The number of rotatable bonds is 8. The summed E-state index contributed by atoms with van der Waals surface area (Å²) in [5.74, 6) is -2.44. The van der Waals surface area contributed by atoms with Crippen molar-refractivity contribution in [1.29, 1.82) is 0 Å². The molecule has 0 aliphatic heterocycles. The molecule has 0 bridgehead atoms. The highest BCUT2D eigenvalue weighted by atomic mass is 16.5. The zero-order valence-corrected chi connectivity index (χ0v) is 10.3. The second-order valence-electron chi connectivity index (χ2n) is 4.12. The number of carbonyl (C=O) groups is 2. The number of ether oxygens (including phenoxy) is 1. The molecule has 0 aliphatic rings. The Morgan fingerprint density at radius 2 is 2.18 bits per heavy atom. The number of aliphatic hydroxyl groups excluding tert-OH is 1. The summed E-state index contributed by atoms with van der Waals surface area (Å²) in [5, 5.41) is 20.1. The lowest BCUT2D eigenvalue weighted by atomic mass is 9.81. The molecule has 98 valence electrons. The van der Waals surface area contributed by atoms with Crippen molar-refractivity contribution in [2.45, 2.75) is 39.2 Å². The molecule has 0 rings (SSSR count). The molecule has 2 atom stereocenters. The fraction of sp³-hybridized carbons (Fsp3) is 0.667. The van der Waals surface area contributed by atoms with Crippen LogP contribution in [-0.4, -0.2) is 29.8 Å². The summed E-state index contributed by atoms with van der Waals surface area (Å²) in [6.07, 6.45) is 1.02. The topological polar surface area (TPSA) is 86.7 Å². The van der Waals surface area contributed by atoms with Gasteiger partial charge in [0.15, 0.2) is 0 Å². The number of esters is 1. The zero-order chi connectivity index (χ0) is 13.5. The Bertz CT molecular complexity index is 287. The van der Waals surface area contributed by atoms with Gasteiger partial charge in [-0.3, -0.25) is 4.79 Å². The largest absolute Gasteiger partial charge is 0.547 e. The Kier molecular flexibility index (Phi) is 6.50. The van der Waals surface area contributed by atoms with E-state index in [1.54, 1.807) is 0 Å². The monoisotopic (exact) mass is 243 g/mol. The summed E-state index contributed by atoms with van der Waals surface area (Å²) >= 11 is 0.